The first kappa shape index (κ1) is 27.3. The second-order valence-electron chi connectivity index (χ2n) is 12.1. The van der Waals surface area contributed by atoms with Crippen LogP contribution in [0.25, 0.3) is 55.0 Å². The summed E-state index contributed by atoms with van der Waals surface area (Å²) in [4.78, 5) is 5.07. The Kier molecular flexibility index (Phi) is 6.65. The third kappa shape index (κ3) is 5.05. The average molecular weight is 606 g/mol. The molecule has 4 heteroatoms. The van der Waals surface area contributed by atoms with Gasteiger partial charge in [0.05, 0.1) is 0 Å². The molecule has 2 atom stereocenters. The van der Waals surface area contributed by atoms with Crippen molar-refractivity contribution in [1.29, 1.82) is 0 Å². The van der Waals surface area contributed by atoms with E-state index in [-0.39, 0.29) is 12.3 Å². The van der Waals surface area contributed by atoms with E-state index in [0.717, 1.165) is 61.2 Å². The van der Waals surface area contributed by atoms with Crippen LogP contribution in [0.2, 0.25) is 0 Å². The number of amidine groups is 1. The molecule has 2 unspecified atom stereocenters. The van der Waals surface area contributed by atoms with E-state index in [1.165, 1.54) is 16.3 Å². The molecule has 2 heterocycles. The molecule has 0 aliphatic carbocycles. The van der Waals surface area contributed by atoms with Crippen LogP contribution in [-0.2, 0) is 0 Å². The maximum atomic E-state index is 6.43. The molecule has 2 N–H and O–H groups in total. The molecule has 0 amide bonds. The summed E-state index contributed by atoms with van der Waals surface area (Å²) in [6.45, 7) is 0. The molecule has 224 valence electrons. The topological polar surface area (TPSA) is 49.6 Å². The molecule has 0 bridgehead atoms. The van der Waals surface area contributed by atoms with Gasteiger partial charge in [-0.3, -0.25) is 5.32 Å². The lowest BCUT2D eigenvalue weighted by Crippen LogP contribution is -2.44. The van der Waals surface area contributed by atoms with Crippen molar-refractivity contribution in [2.75, 3.05) is 0 Å². The minimum atomic E-state index is -0.172. The highest BCUT2D eigenvalue weighted by Crippen LogP contribution is 2.39. The molecule has 0 saturated carbocycles. The Hall–Kier alpha value is -5.97. The van der Waals surface area contributed by atoms with Crippen LogP contribution in [-0.4, -0.2) is 5.84 Å². The molecule has 0 fully saturated rings. The van der Waals surface area contributed by atoms with E-state index in [1.807, 2.05) is 18.2 Å². The highest BCUT2D eigenvalue weighted by atomic mass is 16.3. The Morgan fingerprint density at radius 2 is 1.21 bits per heavy atom. The summed E-state index contributed by atoms with van der Waals surface area (Å²) in [5.74, 6) is 0.881. The molecule has 4 nitrogen and oxygen atoms in total. The van der Waals surface area contributed by atoms with Crippen LogP contribution in [0.5, 0.6) is 0 Å². The molecule has 1 aliphatic rings. The summed E-state index contributed by atoms with van der Waals surface area (Å²) in [5.41, 5.74) is 9.80. The second kappa shape index (κ2) is 11.4. The van der Waals surface area contributed by atoms with Crippen LogP contribution in [0.15, 0.2) is 173 Å². The molecular weight excluding hydrogens is 574 g/mol. The monoisotopic (exact) mass is 605 g/mol. The normalized spacial score (nSPS) is 16.3. The third-order valence-electron chi connectivity index (χ3n) is 9.14. The molecule has 0 spiro atoms. The number of hydrogen-bond acceptors (Lipinski definition) is 4. The van der Waals surface area contributed by atoms with Gasteiger partial charge in [-0.1, -0.05) is 133 Å². The van der Waals surface area contributed by atoms with E-state index in [2.05, 4.69) is 156 Å². The zero-order chi connectivity index (χ0) is 31.2. The van der Waals surface area contributed by atoms with Crippen molar-refractivity contribution < 1.29 is 4.42 Å². The van der Waals surface area contributed by atoms with E-state index < -0.39 is 0 Å². The highest BCUT2D eigenvalue weighted by Gasteiger charge is 2.25. The van der Waals surface area contributed by atoms with Gasteiger partial charge in [0.2, 0.25) is 0 Å². The summed E-state index contributed by atoms with van der Waals surface area (Å²) in [6.07, 6.45) is -0.296. The second-order valence-corrected chi connectivity index (χ2v) is 12.1. The lowest BCUT2D eigenvalue weighted by atomic mass is 9.95. The Morgan fingerprint density at radius 1 is 0.489 bits per heavy atom. The van der Waals surface area contributed by atoms with Gasteiger partial charge in [-0.25, -0.2) is 4.99 Å². The fraction of sp³-hybridized carbons (Fsp3) is 0.0465. The third-order valence-corrected chi connectivity index (χ3v) is 9.14. The summed E-state index contributed by atoms with van der Waals surface area (Å²) in [7, 11) is 0. The van der Waals surface area contributed by atoms with Crippen LogP contribution in [0.1, 0.15) is 29.0 Å². The van der Waals surface area contributed by atoms with Gasteiger partial charge in [0.15, 0.2) is 0 Å². The first-order valence-corrected chi connectivity index (χ1v) is 16.0. The Morgan fingerprint density at radius 3 is 2.02 bits per heavy atom. The van der Waals surface area contributed by atoms with Crippen LogP contribution in [0.4, 0.5) is 0 Å². The molecule has 47 heavy (non-hydrogen) atoms. The van der Waals surface area contributed by atoms with Crippen LogP contribution >= 0.6 is 0 Å². The zero-order valence-electron chi connectivity index (χ0n) is 25.6. The molecule has 8 aromatic rings. The van der Waals surface area contributed by atoms with E-state index >= 15 is 0 Å². The first-order valence-electron chi connectivity index (χ1n) is 16.0. The lowest BCUT2D eigenvalue weighted by Gasteiger charge is -2.32. The lowest BCUT2D eigenvalue weighted by molar-refractivity contribution is 0.409. The van der Waals surface area contributed by atoms with Gasteiger partial charge in [-0.05, 0) is 74.5 Å². The van der Waals surface area contributed by atoms with E-state index in [9.17, 15) is 0 Å². The Bertz CT molecular complexity index is 2410. The van der Waals surface area contributed by atoms with Crippen molar-refractivity contribution >= 4 is 38.5 Å². The number of benzene rings is 7. The maximum Gasteiger partial charge on any atom is 0.136 e. The van der Waals surface area contributed by atoms with Crippen molar-refractivity contribution in [3.63, 3.8) is 0 Å². The molecule has 7 aromatic carbocycles. The van der Waals surface area contributed by atoms with Crippen molar-refractivity contribution in [3.8, 4) is 22.3 Å². The molecule has 1 aromatic heterocycles. The average Bonchev–Trinajstić information content (AvgIpc) is 3.53. The summed E-state index contributed by atoms with van der Waals surface area (Å²) in [6, 6.07) is 57.6. The Balaban J connectivity index is 1.11. The van der Waals surface area contributed by atoms with Crippen molar-refractivity contribution in [3.05, 3.63) is 180 Å². The van der Waals surface area contributed by atoms with Gasteiger partial charge in [-0.15, -0.1) is 0 Å². The largest absolute Gasteiger partial charge is 0.456 e. The summed E-state index contributed by atoms with van der Waals surface area (Å²) < 4.78 is 6.43. The fourth-order valence-corrected chi connectivity index (χ4v) is 6.77. The van der Waals surface area contributed by atoms with Crippen LogP contribution < -0.4 is 10.6 Å². The number of fused-ring (bicyclic) bond motifs is 4. The van der Waals surface area contributed by atoms with Gasteiger partial charge in [0, 0.05) is 16.3 Å². The SMILES string of the molecule is c1ccc(C2=NC(c3ccccc3)NC(c3ccc4ccc(-c5cccc6oc7cc(-c8ccccc8)ccc7c56)cc4c3)N2)cc1. The van der Waals surface area contributed by atoms with Crippen molar-refractivity contribution in [2.45, 2.75) is 12.3 Å². The highest BCUT2D eigenvalue weighted by molar-refractivity contribution is 6.13. The van der Waals surface area contributed by atoms with Gasteiger partial charge in [-0.2, -0.15) is 0 Å². The van der Waals surface area contributed by atoms with Crippen molar-refractivity contribution in [2.24, 2.45) is 4.99 Å². The zero-order valence-corrected chi connectivity index (χ0v) is 25.6. The number of hydrogen-bond donors (Lipinski definition) is 2. The summed E-state index contributed by atoms with van der Waals surface area (Å²) >= 11 is 0. The van der Waals surface area contributed by atoms with E-state index in [0.29, 0.717) is 0 Å². The number of furan rings is 1. The maximum absolute atomic E-state index is 6.43. The quantitative estimate of drug-likeness (QED) is 0.205. The van der Waals surface area contributed by atoms with Crippen LogP contribution in [0.3, 0.4) is 0 Å². The van der Waals surface area contributed by atoms with Crippen molar-refractivity contribution in [1.82, 2.24) is 10.6 Å². The predicted octanol–water partition coefficient (Wildman–Crippen LogP) is 10.4. The van der Waals surface area contributed by atoms with E-state index in [1.54, 1.807) is 0 Å². The van der Waals surface area contributed by atoms with E-state index in [4.69, 9.17) is 9.41 Å². The molecule has 1 aliphatic heterocycles. The molecular formula is C43H31N3O. The Labute approximate surface area is 273 Å². The molecule has 9 rings (SSSR count). The van der Waals surface area contributed by atoms with Gasteiger partial charge < -0.3 is 9.73 Å². The predicted molar refractivity (Wildman–Crippen MR) is 193 cm³/mol. The number of rotatable bonds is 5. The minimum absolute atomic E-state index is 0.124. The standard InChI is InChI=1S/C43H31N3O/c1-4-11-28(12-5-1)32-23-24-37-39(27-32)47-38-18-10-17-36(40(37)38)33-21-19-29-20-22-34(26-35(29)25-33)43-45-41(30-13-6-2-7-14-30)44-42(46-43)31-15-8-3-9-16-31/h1-27,41,43,45H,(H,44,46). The van der Waals surface area contributed by atoms with Gasteiger partial charge in [0.25, 0.3) is 0 Å². The molecule has 0 saturated heterocycles. The first-order chi connectivity index (χ1) is 23.3. The molecule has 0 radical (unpaired) electrons. The van der Waals surface area contributed by atoms with Crippen LogP contribution in [0, 0.1) is 0 Å². The van der Waals surface area contributed by atoms with Gasteiger partial charge in [0.1, 0.15) is 29.3 Å². The summed E-state index contributed by atoms with van der Waals surface area (Å²) in [5, 5.41) is 12.1. The number of nitrogens with zero attached hydrogens (tertiary/aromatic N) is 1. The van der Waals surface area contributed by atoms with Gasteiger partial charge >= 0.3 is 0 Å². The number of aliphatic imine (C=N–C) groups is 1. The number of nitrogens with one attached hydrogen (secondary N) is 2. The smallest absolute Gasteiger partial charge is 0.136 e. The minimum Gasteiger partial charge on any atom is -0.456 e. The fourth-order valence-electron chi connectivity index (χ4n) is 6.77.